The molecule has 0 saturated heterocycles. The lowest BCUT2D eigenvalue weighted by Crippen LogP contribution is -2.32. The summed E-state index contributed by atoms with van der Waals surface area (Å²) in [4.78, 5) is 1.68. The Morgan fingerprint density at radius 2 is 2.17 bits per heavy atom. The van der Waals surface area contributed by atoms with Crippen molar-refractivity contribution in [2.75, 3.05) is 5.73 Å². The number of rotatable bonds is 9. The zero-order valence-electron chi connectivity index (χ0n) is 13.8. The molecule has 0 radical (unpaired) electrons. The van der Waals surface area contributed by atoms with E-state index in [0.29, 0.717) is 29.1 Å². The number of benzene rings is 1. The Kier molecular flexibility index (Phi) is 8.13. The van der Waals surface area contributed by atoms with E-state index in [1.54, 1.807) is 35.4 Å². The molecule has 0 aliphatic carbocycles. The molecule has 0 heterocycles. The van der Waals surface area contributed by atoms with Crippen LogP contribution in [0.25, 0.3) is 0 Å². The van der Waals surface area contributed by atoms with Gasteiger partial charge in [0.15, 0.2) is 6.23 Å². The number of hydrogen-bond acceptors (Lipinski definition) is 3. The highest BCUT2D eigenvalue weighted by atomic mass is 35.5. The van der Waals surface area contributed by atoms with Crippen molar-refractivity contribution in [3.05, 3.63) is 53.7 Å². The highest BCUT2D eigenvalue weighted by Gasteiger charge is 2.23. The van der Waals surface area contributed by atoms with Crippen molar-refractivity contribution in [1.82, 2.24) is 4.90 Å². The molecule has 3 nitrogen and oxygen atoms in total. The maximum Gasteiger partial charge on any atom is 0.156 e. The maximum absolute atomic E-state index is 13.8. The van der Waals surface area contributed by atoms with Gasteiger partial charge in [0.1, 0.15) is 6.17 Å². The Hall–Kier alpha value is -1.52. The maximum atomic E-state index is 13.8. The van der Waals surface area contributed by atoms with Crippen LogP contribution in [0.4, 0.5) is 10.1 Å². The van der Waals surface area contributed by atoms with Gasteiger partial charge in [-0.2, -0.15) is 0 Å². The van der Waals surface area contributed by atoms with Crippen LogP contribution < -0.4 is 5.73 Å². The summed E-state index contributed by atoms with van der Waals surface area (Å²) in [7, 11) is 0. The number of nitrogens with two attached hydrogens (primary N) is 1. The molecular formula is C18H26ClFN2O. The van der Waals surface area contributed by atoms with Crippen LogP contribution in [0.1, 0.15) is 44.9 Å². The number of hydrogen-bond donors (Lipinski definition) is 2. The lowest BCUT2D eigenvalue weighted by molar-refractivity contribution is 0.0123. The monoisotopic (exact) mass is 340 g/mol. The topological polar surface area (TPSA) is 49.5 Å². The van der Waals surface area contributed by atoms with Gasteiger partial charge in [-0.15, -0.1) is 6.58 Å². The van der Waals surface area contributed by atoms with Crippen molar-refractivity contribution in [3.8, 4) is 0 Å². The Labute approximate surface area is 143 Å². The molecule has 0 aromatic heterocycles. The average molecular weight is 341 g/mol. The second-order valence-electron chi connectivity index (χ2n) is 5.54. The highest BCUT2D eigenvalue weighted by molar-refractivity contribution is 6.31. The summed E-state index contributed by atoms with van der Waals surface area (Å²) in [5.74, 6) is 0. The molecule has 3 N–H and O–H groups in total. The molecule has 3 unspecified atom stereocenters. The SMILES string of the molecule is C=CCCC(F)/C=C/N(C(C)CC)C(O)c1c(N)cccc1Cl. The first-order chi connectivity index (χ1) is 10.9. The van der Waals surface area contributed by atoms with E-state index in [1.807, 2.05) is 13.8 Å². The third kappa shape index (κ3) is 5.56. The van der Waals surface area contributed by atoms with Crippen molar-refractivity contribution in [3.63, 3.8) is 0 Å². The third-order valence-corrected chi connectivity index (χ3v) is 4.17. The molecule has 23 heavy (non-hydrogen) atoms. The number of aliphatic hydroxyl groups is 1. The summed E-state index contributed by atoms with van der Waals surface area (Å²) in [6.45, 7) is 7.54. The molecule has 0 fully saturated rings. The van der Waals surface area contributed by atoms with Gasteiger partial charge < -0.3 is 15.7 Å². The molecule has 1 aromatic rings. The van der Waals surface area contributed by atoms with Crippen molar-refractivity contribution in [2.24, 2.45) is 0 Å². The summed E-state index contributed by atoms with van der Waals surface area (Å²) in [6.07, 6.45) is 4.38. The van der Waals surface area contributed by atoms with Crippen LogP contribution in [0.5, 0.6) is 0 Å². The predicted octanol–water partition coefficient (Wildman–Crippen LogP) is 4.83. The van der Waals surface area contributed by atoms with Gasteiger partial charge in [-0.25, -0.2) is 4.39 Å². The largest absolute Gasteiger partial charge is 0.398 e. The van der Waals surface area contributed by atoms with E-state index in [0.717, 1.165) is 6.42 Å². The van der Waals surface area contributed by atoms with Gasteiger partial charge in [0.05, 0.1) is 5.02 Å². The van der Waals surface area contributed by atoms with Crippen LogP contribution in [0.2, 0.25) is 5.02 Å². The first kappa shape index (κ1) is 19.5. The highest BCUT2D eigenvalue weighted by Crippen LogP contribution is 2.32. The fourth-order valence-electron chi connectivity index (χ4n) is 2.22. The number of alkyl halides is 1. The van der Waals surface area contributed by atoms with Crippen molar-refractivity contribution < 1.29 is 9.50 Å². The minimum absolute atomic E-state index is 0.00327. The summed E-state index contributed by atoms with van der Waals surface area (Å²) in [5.41, 5.74) is 6.80. The molecule has 0 spiro atoms. The minimum atomic E-state index is -1.09. The molecule has 1 aromatic carbocycles. The van der Waals surface area contributed by atoms with Gasteiger partial charge >= 0.3 is 0 Å². The second kappa shape index (κ2) is 9.58. The van der Waals surface area contributed by atoms with Crippen molar-refractivity contribution in [1.29, 1.82) is 0 Å². The van der Waals surface area contributed by atoms with E-state index in [9.17, 15) is 9.50 Å². The van der Waals surface area contributed by atoms with E-state index < -0.39 is 12.4 Å². The normalized spacial score (nSPS) is 15.3. The molecule has 128 valence electrons. The fourth-order valence-corrected chi connectivity index (χ4v) is 2.50. The zero-order chi connectivity index (χ0) is 17.4. The lowest BCUT2D eigenvalue weighted by Gasteiger charge is -2.33. The van der Waals surface area contributed by atoms with Gasteiger partial charge in [0, 0.05) is 23.5 Å². The number of nitrogen functional groups attached to an aromatic ring is 1. The molecular weight excluding hydrogens is 315 g/mol. The summed E-state index contributed by atoms with van der Waals surface area (Å²) < 4.78 is 13.8. The quantitative estimate of drug-likeness (QED) is 0.384. The van der Waals surface area contributed by atoms with Gasteiger partial charge in [0.25, 0.3) is 0 Å². The summed E-state index contributed by atoms with van der Waals surface area (Å²) >= 11 is 6.17. The first-order valence-electron chi connectivity index (χ1n) is 7.85. The van der Waals surface area contributed by atoms with Crippen LogP contribution in [-0.4, -0.2) is 22.2 Å². The van der Waals surface area contributed by atoms with Gasteiger partial charge in [-0.1, -0.05) is 30.7 Å². The molecule has 0 amide bonds. The number of aliphatic hydroxyl groups excluding tert-OH is 1. The van der Waals surface area contributed by atoms with Gasteiger partial charge in [-0.05, 0) is 44.4 Å². The van der Waals surface area contributed by atoms with Crippen LogP contribution in [-0.2, 0) is 0 Å². The predicted molar refractivity (Wildman–Crippen MR) is 95.9 cm³/mol. The molecule has 0 saturated carbocycles. The molecule has 1 rings (SSSR count). The number of anilines is 1. The summed E-state index contributed by atoms with van der Waals surface area (Å²) in [5, 5.41) is 11.1. The Morgan fingerprint density at radius 3 is 2.74 bits per heavy atom. The van der Waals surface area contributed by atoms with Crippen LogP contribution in [0, 0.1) is 0 Å². The Morgan fingerprint density at radius 1 is 1.48 bits per heavy atom. The van der Waals surface area contributed by atoms with E-state index in [-0.39, 0.29) is 6.04 Å². The van der Waals surface area contributed by atoms with Gasteiger partial charge in [-0.3, -0.25) is 0 Å². The molecule has 3 atom stereocenters. The molecule has 0 aliphatic heterocycles. The van der Waals surface area contributed by atoms with Gasteiger partial charge in [0.2, 0.25) is 0 Å². The molecule has 0 bridgehead atoms. The summed E-state index contributed by atoms with van der Waals surface area (Å²) in [6, 6.07) is 5.09. The van der Waals surface area contributed by atoms with Crippen molar-refractivity contribution >= 4 is 17.3 Å². The average Bonchev–Trinajstić information content (AvgIpc) is 2.52. The Balaban J connectivity index is 3.02. The van der Waals surface area contributed by atoms with E-state index in [4.69, 9.17) is 17.3 Å². The number of halogens is 2. The van der Waals surface area contributed by atoms with Crippen LogP contribution in [0.3, 0.4) is 0 Å². The third-order valence-electron chi connectivity index (χ3n) is 3.84. The van der Waals surface area contributed by atoms with E-state index >= 15 is 0 Å². The van der Waals surface area contributed by atoms with Crippen LogP contribution >= 0.6 is 11.6 Å². The number of allylic oxidation sites excluding steroid dienone is 2. The van der Waals surface area contributed by atoms with Crippen LogP contribution in [0.15, 0.2) is 43.1 Å². The zero-order valence-corrected chi connectivity index (χ0v) is 14.5. The lowest BCUT2D eigenvalue weighted by atomic mass is 10.1. The first-order valence-corrected chi connectivity index (χ1v) is 8.22. The molecule has 0 aliphatic rings. The Bertz CT molecular complexity index is 516. The smallest absolute Gasteiger partial charge is 0.156 e. The van der Waals surface area contributed by atoms with E-state index in [2.05, 4.69) is 6.58 Å². The standard InChI is InChI=1S/C18H26ClFN2O/c1-4-6-8-14(20)11-12-22(13(3)5-2)18(23)17-15(19)9-7-10-16(17)21/h4,7,9-14,18,23H,1,5-6,8,21H2,2-3H3/b12-11+. The second-order valence-corrected chi connectivity index (χ2v) is 5.95. The van der Waals surface area contributed by atoms with Crippen molar-refractivity contribution in [2.45, 2.75) is 51.6 Å². The fraction of sp³-hybridized carbons (Fsp3) is 0.444. The van der Waals surface area contributed by atoms with E-state index in [1.165, 1.54) is 6.08 Å². The minimum Gasteiger partial charge on any atom is -0.398 e. The molecule has 5 heteroatoms. The number of nitrogens with zero attached hydrogens (tertiary/aromatic N) is 1.